The van der Waals surface area contributed by atoms with Crippen molar-refractivity contribution < 1.29 is 21.9 Å². The van der Waals surface area contributed by atoms with E-state index in [1.807, 2.05) is 10.8 Å². The fraction of sp³-hybridized carbons (Fsp3) is 0.192. The lowest BCUT2D eigenvalue weighted by atomic mass is 10.1. The van der Waals surface area contributed by atoms with Crippen molar-refractivity contribution in [1.29, 1.82) is 0 Å². The van der Waals surface area contributed by atoms with Crippen LogP contribution in [0.25, 0.3) is 0 Å². The highest BCUT2D eigenvalue weighted by Gasteiger charge is 2.34. The third-order valence-corrected chi connectivity index (χ3v) is 7.77. The standard InChI is InChI=1S/C26H24ClF2N3O3S.ClH/c1-19(23-5-2-3-6-26(23)35-16-4-14-31-15-13-30-18-31)32(25-17-21(28)9-12-24(25)29)36(33,34)22-10-7-20(27)8-11-22;/h2-3,5-13,15,17-19H,4,14,16H2,1H3;1H. The first kappa shape index (κ1) is 28.4. The molecule has 0 bridgehead atoms. The van der Waals surface area contributed by atoms with Gasteiger partial charge >= 0.3 is 0 Å². The van der Waals surface area contributed by atoms with Crippen molar-refractivity contribution in [2.75, 3.05) is 10.9 Å². The lowest BCUT2D eigenvalue weighted by Crippen LogP contribution is -2.34. The van der Waals surface area contributed by atoms with Gasteiger partial charge in [-0.25, -0.2) is 22.2 Å². The van der Waals surface area contributed by atoms with E-state index >= 15 is 0 Å². The normalized spacial score (nSPS) is 12.0. The average molecular weight is 568 g/mol. The Kier molecular flexibility index (Phi) is 9.53. The third kappa shape index (κ3) is 6.60. The van der Waals surface area contributed by atoms with Crippen LogP contribution in [0.15, 0.2) is 90.3 Å². The summed E-state index contributed by atoms with van der Waals surface area (Å²) >= 11 is 5.94. The fourth-order valence-corrected chi connectivity index (χ4v) is 5.61. The highest BCUT2D eigenvalue weighted by atomic mass is 35.5. The highest BCUT2D eigenvalue weighted by molar-refractivity contribution is 7.92. The molecule has 0 aliphatic rings. The fourth-order valence-electron chi connectivity index (χ4n) is 3.85. The molecule has 1 unspecified atom stereocenters. The summed E-state index contributed by atoms with van der Waals surface area (Å²) in [4.78, 5) is 3.90. The van der Waals surface area contributed by atoms with E-state index in [1.165, 1.54) is 24.3 Å². The molecule has 0 amide bonds. The van der Waals surface area contributed by atoms with Gasteiger partial charge in [0.2, 0.25) is 0 Å². The van der Waals surface area contributed by atoms with Crippen molar-refractivity contribution in [2.45, 2.75) is 30.8 Å². The zero-order valence-corrected chi connectivity index (χ0v) is 22.2. The van der Waals surface area contributed by atoms with E-state index in [2.05, 4.69) is 4.98 Å². The first-order valence-corrected chi connectivity index (χ1v) is 13.0. The van der Waals surface area contributed by atoms with E-state index in [0.717, 1.165) is 22.5 Å². The van der Waals surface area contributed by atoms with Gasteiger partial charge in [0, 0.05) is 35.6 Å². The molecule has 4 rings (SSSR count). The molecular formula is C26H25Cl2F2N3O3S. The minimum absolute atomic E-state index is 0. The molecule has 0 aliphatic heterocycles. The van der Waals surface area contributed by atoms with E-state index in [-0.39, 0.29) is 17.3 Å². The van der Waals surface area contributed by atoms with Crippen LogP contribution in [0.2, 0.25) is 5.02 Å². The van der Waals surface area contributed by atoms with Crippen LogP contribution >= 0.6 is 24.0 Å². The quantitative estimate of drug-likeness (QED) is 0.201. The molecule has 0 radical (unpaired) electrons. The summed E-state index contributed by atoms with van der Waals surface area (Å²) in [6, 6.07) is 14.2. The predicted octanol–water partition coefficient (Wildman–Crippen LogP) is 6.66. The summed E-state index contributed by atoms with van der Waals surface area (Å²) < 4.78 is 65.5. The van der Waals surface area contributed by atoms with E-state index < -0.39 is 33.4 Å². The van der Waals surface area contributed by atoms with E-state index in [4.69, 9.17) is 16.3 Å². The summed E-state index contributed by atoms with van der Waals surface area (Å²) in [7, 11) is -4.33. The van der Waals surface area contributed by atoms with Gasteiger partial charge in [-0.1, -0.05) is 29.8 Å². The molecule has 6 nitrogen and oxygen atoms in total. The second-order valence-corrected chi connectivity index (χ2v) is 10.3. The number of sulfonamides is 1. The maximum Gasteiger partial charge on any atom is 0.264 e. The summed E-state index contributed by atoms with van der Waals surface area (Å²) in [5.41, 5.74) is 0.0914. The minimum atomic E-state index is -4.33. The predicted molar refractivity (Wildman–Crippen MR) is 142 cm³/mol. The summed E-state index contributed by atoms with van der Waals surface area (Å²) in [6.07, 6.45) is 5.94. The number of aromatic nitrogens is 2. The monoisotopic (exact) mass is 567 g/mol. The van der Waals surface area contributed by atoms with Crippen molar-refractivity contribution in [2.24, 2.45) is 0 Å². The van der Waals surface area contributed by atoms with Crippen molar-refractivity contribution in [1.82, 2.24) is 9.55 Å². The van der Waals surface area contributed by atoms with Crippen LogP contribution in [0.1, 0.15) is 24.9 Å². The average Bonchev–Trinajstić information content (AvgIpc) is 3.38. The molecular weight excluding hydrogens is 543 g/mol. The molecule has 1 atom stereocenters. The van der Waals surface area contributed by atoms with Crippen LogP contribution in [0.4, 0.5) is 14.5 Å². The molecule has 1 heterocycles. The Balaban J connectivity index is 0.00000380. The Labute approximate surface area is 225 Å². The molecule has 4 aromatic rings. The molecule has 37 heavy (non-hydrogen) atoms. The second-order valence-electron chi connectivity index (χ2n) is 8.07. The molecule has 0 spiro atoms. The van der Waals surface area contributed by atoms with E-state index in [0.29, 0.717) is 35.9 Å². The van der Waals surface area contributed by atoms with Crippen molar-refractivity contribution in [3.8, 4) is 5.75 Å². The van der Waals surface area contributed by atoms with Crippen LogP contribution in [0, 0.1) is 11.6 Å². The Hall–Kier alpha value is -3.14. The van der Waals surface area contributed by atoms with Gasteiger partial charge in [0.15, 0.2) is 0 Å². The summed E-state index contributed by atoms with van der Waals surface area (Å²) in [5.74, 6) is -1.19. The van der Waals surface area contributed by atoms with Crippen LogP contribution < -0.4 is 9.04 Å². The molecule has 196 valence electrons. The minimum Gasteiger partial charge on any atom is -0.493 e. The zero-order valence-electron chi connectivity index (χ0n) is 19.8. The van der Waals surface area contributed by atoms with Gasteiger partial charge in [0.05, 0.1) is 29.6 Å². The number of ether oxygens (including phenoxy) is 1. The van der Waals surface area contributed by atoms with Gasteiger partial charge in [0.1, 0.15) is 17.4 Å². The van der Waals surface area contributed by atoms with Crippen LogP contribution in [-0.2, 0) is 16.6 Å². The number of imidazole rings is 1. The number of halogens is 4. The number of nitrogens with zero attached hydrogens (tertiary/aromatic N) is 3. The van der Waals surface area contributed by atoms with Gasteiger partial charge < -0.3 is 9.30 Å². The molecule has 0 saturated carbocycles. The number of rotatable bonds is 10. The smallest absolute Gasteiger partial charge is 0.264 e. The Morgan fingerprint density at radius 2 is 1.81 bits per heavy atom. The maximum absolute atomic E-state index is 15.0. The molecule has 1 aromatic heterocycles. The van der Waals surface area contributed by atoms with Crippen molar-refractivity contribution in [3.05, 3.63) is 108 Å². The first-order chi connectivity index (χ1) is 17.3. The Morgan fingerprint density at radius 3 is 2.51 bits per heavy atom. The van der Waals surface area contributed by atoms with Crippen LogP contribution in [0.5, 0.6) is 5.75 Å². The largest absolute Gasteiger partial charge is 0.493 e. The highest BCUT2D eigenvalue weighted by Crippen LogP contribution is 2.38. The zero-order chi connectivity index (χ0) is 25.7. The number of benzene rings is 3. The number of anilines is 1. The van der Waals surface area contributed by atoms with Crippen LogP contribution in [-0.4, -0.2) is 24.6 Å². The topological polar surface area (TPSA) is 64.4 Å². The van der Waals surface area contributed by atoms with E-state index in [1.54, 1.807) is 43.7 Å². The Morgan fingerprint density at radius 1 is 1.08 bits per heavy atom. The van der Waals surface area contributed by atoms with Gasteiger partial charge in [-0.15, -0.1) is 12.4 Å². The molecule has 3 aromatic carbocycles. The van der Waals surface area contributed by atoms with Gasteiger partial charge in [0.25, 0.3) is 10.0 Å². The number of para-hydroxylation sites is 1. The maximum atomic E-state index is 15.0. The molecule has 0 N–H and O–H groups in total. The molecule has 11 heteroatoms. The van der Waals surface area contributed by atoms with Gasteiger partial charge in [-0.2, -0.15) is 0 Å². The van der Waals surface area contributed by atoms with Gasteiger partial charge in [-0.05, 0) is 55.8 Å². The number of aryl methyl sites for hydroxylation is 1. The number of hydrogen-bond donors (Lipinski definition) is 0. The Bertz CT molecular complexity index is 1420. The second kappa shape index (κ2) is 12.4. The molecule has 0 aliphatic carbocycles. The van der Waals surface area contributed by atoms with Gasteiger partial charge in [-0.3, -0.25) is 4.31 Å². The first-order valence-electron chi connectivity index (χ1n) is 11.2. The molecule has 0 saturated heterocycles. The molecule has 0 fully saturated rings. The number of hydrogen-bond acceptors (Lipinski definition) is 4. The lowest BCUT2D eigenvalue weighted by molar-refractivity contribution is 0.297. The van der Waals surface area contributed by atoms with Crippen molar-refractivity contribution in [3.63, 3.8) is 0 Å². The van der Waals surface area contributed by atoms with E-state index in [9.17, 15) is 17.2 Å². The third-order valence-electron chi connectivity index (χ3n) is 5.61. The summed E-state index contributed by atoms with van der Waals surface area (Å²) in [6.45, 7) is 2.66. The SMILES string of the molecule is CC(c1ccccc1OCCCn1ccnc1)N(c1cc(F)ccc1F)S(=O)(=O)c1ccc(Cl)cc1.Cl. The summed E-state index contributed by atoms with van der Waals surface area (Å²) in [5, 5.41) is 0.347. The van der Waals surface area contributed by atoms with Crippen molar-refractivity contribution >= 4 is 39.7 Å². The van der Waals surface area contributed by atoms with Crippen LogP contribution in [0.3, 0.4) is 0 Å². The lowest BCUT2D eigenvalue weighted by Gasteiger charge is -2.32.